The van der Waals surface area contributed by atoms with Gasteiger partial charge in [-0.1, -0.05) is 11.3 Å². The molecule has 112 valence electrons. The van der Waals surface area contributed by atoms with Gasteiger partial charge in [0.2, 0.25) is 0 Å². The molecule has 6 heteroatoms. The Morgan fingerprint density at radius 2 is 2.33 bits per heavy atom. The topological polar surface area (TPSA) is 77.2 Å². The second-order valence-electron chi connectivity index (χ2n) is 5.36. The van der Waals surface area contributed by atoms with Crippen molar-refractivity contribution in [2.75, 3.05) is 25.5 Å². The molecule has 0 unspecified atom stereocenters. The SMILES string of the molecule is Nc1nc2ccc(C(=O)NCCCOCC3CC3)cc2s1. The third-order valence-corrected chi connectivity index (χ3v) is 4.32. The van der Waals surface area contributed by atoms with Crippen LogP contribution in [0.4, 0.5) is 5.13 Å². The number of ether oxygens (including phenoxy) is 1. The predicted octanol–water partition coefficient (Wildman–Crippen LogP) is 2.43. The number of fused-ring (bicyclic) bond motifs is 1. The number of hydrogen-bond acceptors (Lipinski definition) is 5. The largest absolute Gasteiger partial charge is 0.381 e. The molecule has 0 saturated heterocycles. The molecule has 1 fully saturated rings. The highest BCUT2D eigenvalue weighted by Crippen LogP contribution is 2.28. The summed E-state index contributed by atoms with van der Waals surface area (Å²) in [5.41, 5.74) is 7.14. The van der Waals surface area contributed by atoms with Gasteiger partial charge in [-0.25, -0.2) is 4.98 Å². The van der Waals surface area contributed by atoms with Crippen LogP contribution >= 0.6 is 11.3 Å². The molecule has 0 aliphatic heterocycles. The van der Waals surface area contributed by atoms with Gasteiger partial charge in [0.25, 0.3) is 5.91 Å². The Labute approximate surface area is 127 Å². The molecule has 1 aromatic heterocycles. The van der Waals surface area contributed by atoms with E-state index in [1.165, 1.54) is 24.2 Å². The van der Waals surface area contributed by atoms with Crippen LogP contribution in [-0.4, -0.2) is 30.6 Å². The second kappa shape index (κ2) is 6.41. The van der Waals surface area contributed by atoms with Crippen LogP contribution in [-0.2, 0) is 4.74 Å². The number of nitrogen functional groups attached to an aromatic ring is 1. The number of thiazole rings is 1. The molecule has 1 amide bonds. The van der Waals surface area contributed by atoms with Crippen LogP contribution in [0.5, 0.6) is 0 Å². The number of hydrogen-bond donors (Lipinski definition) is 2. The van der Waals surface area contributed by atoms with E-state index in [1.54, 1.807) is 6.07 Å². The number of anilines is 1. The van der Waals surface area contributed by atoms with Gasteiger partial charge in [0.15, 0.2) is 5.13 Å². The molecule has 21 heavy (non-hydrogen) atoms. The highest BCUT2D eigenvalue weighted by molar-refractivity contribution is 7.22. The van der Waals surface area contributed by atoms with Crippen molar-refractivity contribution < 1.29 is 9.53 Å². The summed E-state index contributed by atoms with van der Waals surface area (Å²) in [6.45, 7) is 2.21. The Morgan fingerprint density at radius 3 is 3.14 bits per heavy atom. The Morgan fingerprint density at radius 1 is 1.48 bits per heavy atom. The molecule has 1 aliphatic carbocycles. The number of benzene rings is 1. The first kappa shape index (κ1) is 14.3. The molecule has 0 bridgehead atoms. The van der Waals surface area contributed by atoms with Crippen molar-refractivity contribution in [3.63, 3.8) is 0 Å². The van der Waals surface area contributed by atoms with Gasteiger partial charge >= 0.3 is 0 Å². The van der Waals surface area contributed by atoms with Gasteiger partial charge in [-0.15, -0.1) is 0 Å². The zero-order chi connectivity index (χ0) is 14.7. The Bertz CT molecular complexity index is 637. The second-order valence-corrected chi connectivity index (χ2v) is 6.42. The van der Waals surface area contributed by atoms with Gasteiger partial charge in [0, 0.05) is 25.3 Å². The number of carbonyl (C=O) groups excluding carboxylic acids is 1. The molecule has 3 N–H and O–H groups in total. The summed E-state index contributed by atoms with van der Waals surface area (Å²) in [6.07, 6.45) is 3.46. The average molecular weight is 305 g/mol. The Kier molecular flexibility index (Phi) is 4.36. The van der Waals surface area contributed by atoms with E-state index in [0.29, 0.717) is 23.8 Å². The van der Waals surface area contributed by atoms with Crippen LogP contribution in [0.3, 0.4) is 0 Å². The lowest BCUT2D eigenvalue weighted by Crippen LogP contribution is -2.25. The van der Waals surface area contributed by atoms with Crippen LogP contribution in [0.1, 0.15) is 29.6 Å². The fourth-order valence-electron chi connectivity index (χ4n) is 2.10. The molecule has 1 aliphatic rings. The predicted molar refractivity (Wildman–Crippen MR) is 84.5 cm³/mol. The van der Waals surface area contributed by atoms with Crippen molar-refractivity contribution in [2.45, 2.75) is 19.3 Å². The molecule has 0 radical (unpaired) electrons. The summed E-state index contributed by atoms with van der Waals surface area (Å²) in [5, 5.41) is 3.43. The summed E-state index contributed by atoms with van der Waals surface area (Å²) in [5.74, 6) is 0.726. The number of amides is 1. The van der Waals surface area contributed by atoms with Crippen LogP contribution in [0.2, 0.25) is 0 Å². The Hall–Kier alpha value is -1.66. The maximum atomic E-state index is 12.0. The van der Waals surface area contributed by atoms with Crippen molar-refractivity contribution in [1.82, 2.24) is 10.3 Å². The summed E-state index contributed by atoms with van der Waals surface area (Å²) >= 11 is 1.39. The van der Waals surface area contributed by atoms with E-state index < -0.39 is 0 Å². The molecule has 5 nitrogen and oxygen atoms in total. The number of carbonyl (C=O) groups is 1. The van der Waals surface area contributed by atoms with E-state index in [4.69, 9.17) is 10.5 Å². The molecule has 0 spiro atoms. The van der Waals surface area contributed by atoms with E-state index in [0.717, 1.165) is 29.2 Å². The Balaban J connectivity index is 1.44. The van der Waals surface area contributed by atoms with Crippen LogP contribution in [0.15, 0.2) is 18.2 Å². The van der Waals surface area contributed by atoms with E-state index in [2.05, 4.69) is 10.3 Å². The van der Waals surface area contributed by atoms with Crippen LogP contribution in [0.25, 0.3) is 10.2 Å². The lowest BCUT2D eigenvalue weighted by molar-refractivity contribution is 0.0937. The lowest BCUT2D eigenvalue weighted by atomic mass is 10.2. The fraction of sp³-hybridized carbons (Fsp3) is 0.467. The molecular weight excluding hydrogens is 286 g/mol. The van der Waals surface area contributed by atoms with E-state index in [-0.39, 0.29) is 5.91 Å². The van der Waals surface area contributed by atoms with Crippen LogP contribution < -0.4 is 11.1 Å². The summed E-state index contributed by atoms with van der Waals surface area (Å²) in [6, 6.07) is 5.44. The minimum Gasteiger partial charge on any atom is -0.381 e. The van der Waals surface area contributed by atoms with Crippen molar-refractivity contribution in [1.29, 1.82) is 0 Å². The van der Waals surface area contributed by atoms with E-state index in [1.807, 2.05) is 12.1 Å². The minimum atomic E-state index is -0.0638. The van der Waals surface area contributed by atoms with E-state index >= 15 is 0 Å². The van der Waals surface area contributed by atoms with Gasteiger partial charge in [0.1, 0.15) is 0 Å². The van der Waals surface area contributed by atoms with Gasteiger partial charge < -0.3 is 15.8 Å². The van der Waals surface area contributed by atoms with Crippen molar-refractivity contribution in [3.8, 4) is 0 Å². The molecule has 1 saturated carbocycles. The normalized spacial score (nSPS) is 14.5. The highest BCUT2D eigenvalue weighted by atomic mass is 32.1. The molecule has 1 aromatic carbocycles. The first-order chi connectivity index (χ1) is 10.2. The molecule has 0 atom stereocenters. The quantitative estimate of drug-likeness (QED) is 0.770. The summed E-state index contributed by atoms with van der Waals surface area (Å²) < 4.78 is 6.47. The number of aromatic nitrogens is 1. The number of nitrogens with zero attached hydrogens (tertiary/aromatic N) is 1. The number of rotatable bonds is 7. The maximum absolute atomic E-state index is 12.0. The first-order valence-corrected chi connectivity index (χ1v) is 8.06. The number of nitrogens with two attached hydrogens (primary N) is 1. The molecule has 1 heterocycles. The first-order valence-electron chi connectivity index (χ1n) is 7.24. The summed E-state index contributed by atoms with van der Waals surface area (Å²) in [4.78, 5) is 16.2. The standard InChI is InChI=1S/C15H19N3O2S/c16-15-18-12-5-4-11(8-13(12)21-15)14(19)17-6-1-7-20-9-10-2-3-10/h4-5,8,10H,1-3,6-7,9H2,(H2,16,18)(H,17,19). The van der Waals surface area contributed by atoms with Crippen molar-refractivity contribution in [3.05, 3.63) is 23.8 Å². The number of nitrogens with one attached hydrogen (secondary N) is 1. The minimum absolute atomic E-state index is 0.0638. The average Bonchev–Trinajstić information content (AvgIpc) is 3.21. The fourth-order valence-corrected chi connectivity index (χ4v) is 2.87. The van der Waals surface area contributed by atoms with Gasteiger partial charge in [0.05, 0.1) is 10.2 Å². The third kappa shape index (κ3) is 3.92. The molecular formula is C15H19N3O2S. The van der Waals surface area contributed by atoms with Gasteiger partial charge in [-0.3, -0.25) is 4.79 Å². The summed E-state index contributed by atoms with van der Waals surface area (Å²) in [7, 11) is 0. The zero-order valence-electron chi connectivity index (χ0n) is 11.8. The van der Waals surface area contributed by atoms with Crippen molar-refractivity contribution >= 4 is 32.6 Å². The molecule has 3 rings (SSSR count). The molecule has 2 aromatic rings. The van der Waals surface area contributed by atoms with E-state index in [9.17, 15) is 4.79 Å². The highest BCUT2D eigenvalue weighted by Gasteiger charge is 2.20. The van der Waals surface area contributed by atoms with Gasteiger partial charge in [-0.2, -0.15) is 0 Å². The lowest BCUT2D eigenvalue weighted by Gasteiger charge is -2.06. The smallest absolute Gasteiger partial charge is 0.251 e. The van der Waals surface area contributed by atoms with Gasteiger partial charge in [-0.05, 0) is 43.4 Å². The zero-order valence-corrected chi connectivity index (χ0v) is 12.6. The monoisotopic (exact) mass is 305 g/mol. The third-order valence-electron chi connectivity index (χ3n) is 3.47. The maximum Gasteiger partial charge on any atom is 0.251 e. The van der Waals surface area contributed by atoms with Crippen molar-refractivity contribution in [2.24, 2.45) is 5.92 Å². The van der Waals surface area contributed by atoms with Crippen LogP contribution in [0, 0.1) is 5.92 Å².